The van der Waals surface area contributed by atoms with Crippen LogP contribution in [0.1, 0.15) is 51.2 Å². The molecule has 1 aromatic rings. The highest BCUT2D eigenvalue weighted by Gasteiger charge is 2.45. The van der Waals surface area contributed by atoms with Crippen LogP contribution in [0.15, 0.2) is 27.7 Å². The number of benzene rings is 1. The number of carbonyl (C=O) groups excluding carboxylic acids is 1. The first kappa shape index (κ1) is 17.5. The predicted octanol–water partition coefficient (Wildman–Crippen LogP) is 4.54. The quantitative estimate of drug-likeness (QED) is 0.650. The van der Waals surface area contributed by atoms with Gasteiger partial charge in [-0.2, -0.15) is 0 Å². The zero-order valence-electron chi connectivity index (χ0n) is 14.9. The maximum absolute atomic E-state index is 12.3. The minimum atomic E-state index is -0.444. The summed E-state index contributed by atoms with van der Waals surface area (Å²) in [5.41, 5.74) is 3.49. The molecule has 0 aromatic heterocycles. The Labute approximate surface area is 152 Å². The molecule has 0 saturated carbocycles. The van der Waals surface area contributed by atoms with Gasteiger partial charge >= 0.3 is 6.09 Å². The molecule has 1 saturated heterocycles. The lowest BCUT2D eigenvalue weighted by Gasteiger charge is -2.40. The Morgan fingerprint density at radius 2 is 1.96 bits per heavy atom. The van der Waals surface area contributed by atoms with E-state index in [1.165, 1.54) is 16.8 Å². The van der Waals surface area contributed by atoms with E-state index in [-0.39, 0.29) is 11.5 Å². The molecule has 0 N–H and O–H groups in total. The van der Waals surface area contributed by atoms with Crippen molar-refractivity contribution in [1.82, 2.24) is 4.90 Å². The number of rotatable bonds is 0. The van der Waals surface area contributed by atoms with Crippen LogP contribution in [-0.2, 0) is 10.2 Å². The van der Waals surface area contributed by atoms with Crippen LogP contribution < -0.4 is 0 Å². The maximum Gasteiger partial charge on any atom is 0.410 e. The number of fused-ring (bicyclic) bond motifs is 2. The highest BCUT2D eigenvalue weighted by molar-refractivity contribution is 9.10. The molecule has 0 bridgehead atoms. The van der Waals surface area contributed by atoms with Gasteiger partial charge in [0.25, 0.3) is 0 Å². The molecule has 4 nitrogen and oxygen atoms in total. The summed E-state index contributed by atoms with van der Waals surface area (Å²) in [5, 5.41) is 0. The van der Waals surface area contributed by atoms with Gasteiger partial charge in [-0.15, -0.1) is 0 Å². The van der Waals surface area contributed by atoms with Gasteiger partial charge in [0.15, 0.2) is 0 Å². The van der Waals surface area contributed by atoms with Crippen LogP contribution in [0.25, 0.3) is 0 Å². The van der Waals surface area contributed by atoms with Gasteiger partial charge in [-0.25, -0.2) is 4.79 Å². The molecule has 2 aliphatic rings. The second kappa shape index (κ2) is 6.17. The molecule has 1 fully saturated rings. The average molecular weight is 393 g/mol. The first-order valence-electron chi connectivity index (χ1n) is 8.48. The topological polar surface area (TPSA) is 41.9 Å². The van der Waals surface area contributed by atoms with E-state index in [9.17, 15) is 4.79 Å². The van der Waals surface area contributed by atoms with Gasteiger partial charge in [0.2, 0.25) is 0 Å². The summed E-state index contributed by atoms with van der Waals surface area (Å²) in [6.45, 7) is 7.20. The van der Waals surface area contributed by atoms with Gasteiger partial charge in [0.05, 0.1) is 0 Å². The molecular formula is C19H25BrN2O2. The SMILES string of the molecule is C/N=C1/CC2(CCN(C(=O)OC(C)(C)C)CC2)c2ccc(Br)cc21. The van der Waals surface area contributed by atoms with E-state index in [2.05, 4.69) is 39.1 Å². The van der Waals surface area contributed by atoms with Crippen molar-refractivity contribution in [2.75, 3.05) is 20.1 Å². The summed E-state index contributed by atoms with van der Waals surface area (Å²) in [5.74, 6) is 0. The molecule has 3 rings (SSSR count). The Balaban J connectivity index is 1.78. The van der Waals surface area contributed by atoms with Gasteiger partial charge in [-0.1, -0.05) is 22.0 Å². The van der Waals surface area contributed by atoms with Crippen LogP contribution in [0.4, 0.5) is 4.79 Å². The number of carbonyl (C=O) groups is 1. The normalized spacial score (nSPS) is 21.2. The van der Waals surface area contributed by atoms with Crippen molar-refractivity contribution in [3.63, 3.8) is 0 Å². The van der Waals surface area contributed by atoms with Crippen LogP contribution in [-0.4, -0.2) is 42.4 Å². The number of hydrogen-bond acceptors (Lipinski definition) is 3. The molecule has 24 heavy (non-hydrogen) atoms. The molecule has 1 aliphatic heterocycles. The van der Waals surface area contributed by atoms with Crippen molar-refractivity contribution < 1.29 is 9.53 Å². The molecule has 1 aliphatic carbocycles. The minimum Gasteiger partial charge on any atom is -0.444 e. The molecule has 5 heteroatoms. The molecule has 1 amide bonds. The molecule has 1 aromatic carbocycles. The van der Waals surface area contributed by atoms with Gasteiger partial charge in [-0.05, 0) is 57.7 Å². The number of nitrogens with zero attached hydrogens (tertiary/aromatic N) is 2. The van der Waals surface area contributed by atoms with Crippen molar-refractivity contribution in [2.24, 2.45) is 4.99 Å². The molecule has 130 valence electrons. The molecule has 1 heterocycles. The van der Waals surface area contributed by atoms with Crippen molar-refractivity contribution in [2.45, 2.75) is 51.0 Å². The second-order valence-electron chi connectivity index (χ2n) is 7.78. The lowest BCUT2D eigenvalue weighted by atomic mass is 9.74. The van der Waals surface area contributed by atoms with E-state index in [4.69, 9.17) is 4.74 Å². The first-order chi connectivity index (χ1) is 11.2. The van der Waals surface area contributed by atoms with Crippen molar-refractivity contribution >= 4 is 27.7 Å². The number of ether oxygens (including phenoxy) is 1. The van der Waals surface area contributed by atoms with E-state index in [0.717, 1.165) is 36.8 Å². The van der Waals surface area contributed by atoms with Crippen molar-refractivity contribution in [3.8, 4) is 0 Å². The second-order valence-corrected chi connectivity index (χ2v) is 8.70. The van der Waals surface area contributed by atoms with E-state index in [1.807, 2.05) is 32.7 Å². The summed E-state index contributed by atoms with van der Waals surface area (Å²) < 4.78 is 6.60. The fourth-order valence-corrected chi connectivity index (χ4v) is 4.18. The zero-order chi connectivity index (χ0) is 17.5. The minimum absolute atomic E-state index is 0.114. The number of hydrogen-bond donors (Lipinski definition) is 0. The maximum atomic E-state index is 12.3. The number of likely N-dealkylation sites (tertiary alicyclic amines) is 1. The fourth-order valence-electron chi connectivity index (χ4n) is 3.82. The van der Waals surface area contributed by atoms with Crippen LogP contribution in [0, 0.1) is 0 Å². The van der Waals surface area contributed by atoms with Gasteiger partial charge in [0.1, 0.15) is 5.60 Å². The Bertz CT molecular complexity index is 683. The molecule has 0 unspecified atom stereocenters. The third-order valence-electron chi connectivity index (χ3n) is 5.01. The molecular weight excluding hydrogens is 368 g/mol. The molecule has 0 radical (unpaired) electrons. The number of aliphatic imine (C=N–C) groups is 1. The summed E-state index contributed by atoms with van der Waals surface area (Å²) in [6, 6.07) is 6.51. The average Bonchev–Trinajstić information content (AvgIpc) is 2.79. The highest BCUT2D eigenvalue weighted by Crippen LogP contribution is 2.47. The Morgan fingerprint density at radius 3 is 2.54 bits per heavy atom. The lowest BCUT2D eigenvalue weighted by Crippen LogP contribution is -2.46. The summed E-state index contributed by atoms with van der Waals surface area (Å²) >= 11 is 3.57. The standard InChI is InChI=1S/C19H25BrN2O2/c1-18(2,3)24-17(23)22-9-7-19(8-10-22)12-16(21-4)14-11-13(20)5-6-15(14)19/h5-6,11H,7-10,12H2,1-4H3/b21-16-. The highest BCUT2D eigenvalue weighted by atomic mass is 79.9. The summed E-state index contributed by atoms with van der Waals surface area (Å²) in [4.78, 5) is 18.7. The van der Waals surface area contributed by atoms with E-state index >= 15 is 0 Å². The van der Waals surface area contributed by atoms with Gasteiger partial charge in [-0.3, -0.25) is 4.99 Å². The largest absolute Gasteiger partial charge is 0.444 e. The summed E-state index contributed by atoms with van der Waals surface area (Å²) in [6.07, 6.45) is 2.69. The smallest absolute Gasteiger partial charge is 0.410 e. The third-order valence-corrected chi connectivity index (χ3v) is 5.51. The third kappa shape index (κ3) is 3.23. The predicted molar refractivity (Wildman–Crippen MR) is 99.9 cm³/mol. The zero-order valence-corrected chi connectivity index (χ0v) is 16.4. The molecule has 0 atom stereocenters. The van der Waals surface area contributed by atoms with Gasteiger partial charge in [0, 0.05) is 41.3 Å². The fraction of sp³-hybridized carbons (Fsp3) is 0.579. The number of piperidine rings is 1. The van der Waals surface area contributed by atoms with E-state index in [1.54, 1.807) is 0 Å². The van der Waals surface area contributed by atoms with E-state index in [0.29, 0.717) is 0 Å². The van der Waals surface area contributed by atoms with Crippen molar-refractivity contribution in [1.29, 1.82) is 0 Å². The van der Waals surface area contributed by atoms with E-state index < -0.39 is 5.60 Å². The van der Waals surface area contributed by atoms with Crippen LogP contribution in [0.2, 0.25) is 0 Å². The first-order valence-corrected chi connectivity index (χ1v) is 9.27. The van der Waals surface area contributed by atoms with Crippen LogP contribution in [0.5, 0.6) is 0 Å². The lowest BCUT2D eigenvalue weighted by molar-refractivity contribution is 0.0168. The van der Waals surface area contributed by atoms with Crippen molar-refractivity contribution in [3.05, 3.63) is 33.8 Å². The monoisotopic (exact) mass is 392 g/mol. The Morgan fingerprint density at radius 1 is 1.29 bits per heavy atom. The van der Waals surface area contributed by atoms with Crippen LogP contribution >= 0.6 is 15.9 Å². The van der Waals surface area contributed by atoms with Crippen LogP contribution in [0.3, 0.4) is 0 Å². The summed E-state index contributed by atoms with van der Waals surface area (Å²) in [7, 11) is 1.87. The number of amides is 1. The molecule has 1 spiro atoms. The Hall–Kier alpha value is -1.36. The Kier molecular flexibility index (Phi) is 4.49. The number of halogens is 1. The van der Waals surface area contributed by atoms with Gasteiger partial charge < -0.3 is 9.64 Å².